The molecule has 12 heteroatoms. The molecule has 1 aromatic carbocycles. The molecule has 1 saturated carbocycles. The Morgan fingerprint density at radius 3 is 2.38 bits per heavy atom. The first-order chi connectivity index (χ1) is 19.7. The number of primary amides is 1. The van der Waals surface area contributed by atoms with Gasteiger partial charge in [-0.3, -0.25) is 24.2 Å². The number of anilines is 1. The summed E-state index contributed by atoms with van der Waals surface area (Å²) >= 11 is 0. The number of benzene rings is 1. The van der Waals surface area contributed by atoms with Gasteiger partial charge in [-0.05, 0) is 63.2 Å². The molecule has 0 spiro atoms. The van der Waals surface area contributed by atoms with Gasteiger partial charge in [0.2, 0.25) is 0 Å². The number of carbonyl (C=O) groups is 3. The Balaban J connectivity index is 1.66. The van der Waals surface area contributed by atoms with E-state index >= 15 is 0 Å². The molecule has 0 aromatic heterocycles. The zero-order valence-electron chi connectivity index (χ0n) is 24.3. The number of halogens is 1. The van der Waals surface area contributed by atoms with E-state index in [0.29, 0.717) is 43.6 Å². The van der Waals surface area contributed by atoms with Gasteiger partial charge >= 0.3 is 0 Å². The number of phenolic OH excluding ortho intramolecular Hbond substituents is 1. The number of rotatable bonds is 6. The van der Waals surface area contributed by atoms with Crippen LogP contribution in [-0.2, 0) is 27.3 Å². The number of aliphatic hydroxyl groups is 3. The predicted molar refractivity (Wildman–Crippen MR) is 153 cm³/mol. The second kappa shape index (κ2) is 10.7. The van der Waals surface area contributed by atoms with E-state index in [1.54, 1.807) is 19.0 Å². The van der Waals surface area contributed by atoms with Gasteiger partial charge in [0.05, 0.1) is 23.1 Å². The number of phenols is 1. The number of carbonyl (C=O) groups excluding carboxylic acids is 3. The van der Waals surface area contributed by atoms with Crippen molar-refractivity contribution in [3.05, 3.63) is 39.7 Å². The van der Waals surface area contributed by atoms with Crippen LogP contribution in [0.3, 0.4) is 0 Å². The lowest BCUT2D eigenvalue weighted by molar-refractivity contribution is -0.149. The number of amides is 1. The first-order valence-corrected chi connectivity index (χ1v) is 14.2. The summed E-state index contributed by atoms with van der Waals surface area (Å²) in [7, 11) is 6.96. The van der Waals surface area contributed by atoms with Crippen molar-refractivity contribution in [2.24, 2.45) is 23.5 Å². The van der Waals surface area contributed by atoms with Crippen molar-refractivity contribution in [2.45, 2.75) is 50.0 Å². The van der Waals surface area contributed by atoms with Gasteiger partial charge in [-0.1, -0.05) is 0 Å². The van der Waals surface area contributed by atoms with Crippen molar-refractivity contribution < 1.29 is 39.2 Å². The number of aldehydes is 1. The van der Waals surface area contributed by atoms with Gasteiger partial charge in [0.1, 0.15) is 23.4 Å². The largest absolute Gasteiger partial charge is 0.510 e. The minimum Gasteiger partial charge on any atom is -0.510 e. The van der Waals surface area contributed by atoms with E-state index < -0.39 is 64.4 Å². The van der Waals surface area contributed by atoms with E-state index in [0.717, 1.165) is 5.69 Å². The average molecular weight is 587 g/mol. The molecule has 228 valence electrons. The Hall–Kier alpha value is -3.48. The number of nitrogens with two attached hydrogens (primary N) is 1. The number of nitrogens with zero attached hydrogens (tertiary/aromatic N) is 3. The minimum absolute atomic E-state index is 0.0397. The molecule has 5 rings (SSSR count). The highest BCUT2D eigenvalue weighted by atomic mass is 19.1. The Kier molecular flexibility index (Phi) is 7.61. The fourth-order valence-electron chi connectivity index (χ4n) is 7.69. The zero-order valence-corrected chi connectivity index (χ0v) is 24.3. The van der Waals surface area contributed by atoms with E-state index in [4.69, 9.17) is 5.73 Å². The summed E-state index contributed by atoms with van der Waals surface area (Å²) in [6.45, 7) is 1.36. The number of likely N-dealkylation sites (N-methyl/N-ethyl adjacent to an activating group) is 1. The first-order valence-electron chi connectivity index (χ1n) is 14.2. The summed E-state index contributed by atoms with van der Waals surface area (Å²) in [5.41, 5.74) is 4.02. The molecular weight excluding hydrogens is 547 g/mol. The zero-order chi connectivity index (χ0) is 30.8. The summed E-state index contributed by atoms with van der Waals surface area (Å²) in [5, 5.41) is 45.8. The lowest BCUT2D eigenvalue weighted by Gasteiger charge is -2.51. The Labute approximate surface area is 243 Å². The van der Waals surface area contributed by atoms with Crippen LogP contribution in [0.1, 0.15) is 36.0 Å². The number of aromatic hydroxyl groups is 1. The normalized spacial score (nSPS) is 30.2. The van der Waals surface area contributed by atoms with E-state index in [2.05, 4.69) is 0 Å². The van der Waals surface area contributed by atoms with Gasteiger partial charge in [-0.2, -0.15) is 0 Å². The fourth-order valence-corrected chi connectivity index (χ4v) is 7.69. The van der Waals surface area contributed by atoms with Gasteiger partial charge in [-0.15, -0.1) is 0 Å². The summed E-state index contributed by atoms with van der Waals surface area (Å²) in [5.74, 6) is -6.01. The van der Waals surface area contributed by atoms with Crippen LogP contribution in [0, 0.1) is 17.8 Å². The molecule has 11 nitrogen and oxygen atoms in total. The molecule has 1 aliphatic heterocycles. The van der Waals surface area contributed by atoms with E-state index in [1.165, 1.54) is 0 Å². The number of likely N-dealkylation sites (tertiary alicyclic amines) is 1. The third-order valence-corrected chi connectivity index (χ3v) is 9.54. The molecule has 3 aliphatic carbocycles. The quantitative estimate of drug-likeness (QED) is 0.306. The van der Waals surface area contributed by atoms with Crippen LogP contribution in [-0.4, -0.2) is 107 Å². The highest BCUT2D eigenvalue weighted by Gasteiger charge is 2.62. The Bertz CT molecular complexity index is 1400. The van der Waals surface area contributed by atoms with Gasteiger partial charge < -0.3 is 31.1 Å². The van der Waals surface area contributed by atoms with Gasteiger partial charge in [0, 0.05) is 50.6 Å². The van der Waals surface area contributed by atoms with Crippen molar-refractivity contribution in [1.29, 1.82) is 0 Å². The number of allylic oxidation sites excluding steroid dienone is 1. The SMILES string of the molecule is CN(C)c1cc(CN2CCC(F)CC2)c(O)c2c1CC1CC3C(C(=O)C1=C2O)[C@](O)(C=O)C(C(N)=O)=C(O)[C@H]3N(C)C. The molecule has 4 aliphatic rings. The lowest BCUT2D eigenvalue weighted by Crippen LogP contribution is -2.63. The first kappa shape index (κ1) is 30.0. The molecule has 0 radical (unpaired) electrons. The second-order valence-electron chi connectivity index (χ2n) is 12.5. The van der Waals surface area contributed by atoms with Crippen molar-refractivity contribution >= 4 is 29.4 Å². The number of hydrogen-bond donors (Lipinski definition) is 5. The van der Waals surface area contributed by atoms with Crippen LogP contribution < -0.4 is 10.6 Å². The average Bonchev–Trinajstić information content (AvgIpc) is 2.90. The smallest absolute Gasteiger partial charge is 0.251 e. The van der Waals surface area contributed by atoms with Crippen LogP contribution >= 0.6 is 0 Å². The van der Waals surface area contributed by atoms with Crippen LogP contribution in [0.2, 0.25) is 0 Å². The molecule has 3 unspecified atom stereocenters. The summed E-state index contributed by atoms with van der Waals surface area (Å²) in [4.78, 5) is 44.5. The maximum absolute atomic E-state index is 14.2. The number of piperidine rings is 1. The monoisotopic (exact) mass is 586 g/mol. The molecule has 2 fully saturated rings. The number of ketones is 1. The van der Waals surface area contributed by atoms with Gasteiger partial charge in [0.25, 0.3) is 5.91 Å². The number of alkyl halides is 1. The summed E-state index contributed by atoms with van der Waals surface area (Å²) in [6, 6.07) is 0.952. The maximum atomic E-state index is 14.2. The molecule has 6 N–H and O–H groups in total. The third kappa shape index (κ3) is 4.47. The topological polar surface area (TPSA) is 168 Å². The third-order valence-electron chi connectivity index (χ3n) is 9.54. The lowest BCUT2D eigenvalue weighted by atomic mass is 9.55. The molecule has 1 heterocycles. The Morgan fingerprint density at radius 2 is 1.83 bits per heavy atom. The molecule has 5 atom stereocenters. The predicted octanol–water partition coefficient (Wildman–Crippen LogP) is 1.21. The van der Waals surface area contributed by atoms with E-state index in [-0.39, 0.29) is 36.0 Å². The van der Waals surface area contributed by atoms with Crippen LogP contribution in [0.15, 0.2) is 23.0 Å². The molecule has 1 amide bonds. The van der Waals surface area contributed by atoms with Crippen LogP contribution in [0.4, 0.5) is 10.1 Å². The fraction of sp³-hybridized carbons (Fsp3) is 0.567. The Morgan fingerprint density at radius 1 is 1.19 bits per heavy atom. The van der Waals surface area contributed by atoms with Crippen LogP contribution in [0.25, 0.3) is 5.76 Å². The summed E-state index contributed by atoms with van der Waals surface area (Å²) < 4.78 is 13.7. The van der Waals surface area contributed by atoms with E-state index in [9.17, 15) is 39.2 Å². The molecule has 1 saturated heterocycles. The number of aliphatic hydroxyl groups excluding tert-OH is 2. The molecular formula is C30H39FN4O7. The number of hydrogen-bond acceptors (Lipinski definition) is 10. The molecule has 0 bridgehead atoms. The van der Waals surface area contributed by atoms with Crippen molar-refractivity contribution in [2.75, 3.05) is 46.2 Å². The highest BCUT2D eigenvalue weighted by Crippen LogP contribution is 2.55. The maximum Gasteiger partial charge on any atom is 0.251 e. The second-order valence-corrected chi connectivity index (χ2v) is 12.5. The molecule has 1 aromatic rings. The number of fused-ring (bicyclic) bond motifs is 3. The minimum atomic E-state index is -2.70. The molecule has 42 heavy (non-hydrogen) atoms. The van der Waals surface area contributed by atoms with Gasteiger partial charge in [0.15, 0.2) is 17.7 Å². The van der Waals surface area contributed by atoms with Gasteiger partial charge in [-0.25, -0.2) is 4.39 Å². The van der Waals surface area contributed by atoms with E-state index in [1.807, 2.05) is 30.0 Å². The van der Waals surface area contributed by atoms with Crippen molar-refractivity contribution in [3.63, 3.8) is 0 Å². The highest BCUT2D eigenvalue weighted by molar-refractivity contribution is 6.11. The van der Waals surface area contributed by atoms with Crippen molar-refractivity contribution in [1.82, 2.24) is 9.80 Å². The van der Waals surface area contributed by atoms with Crippen LogP contribution in [0.5, 0.6) is 5.75 Å². The standard InChI is InChI=1S/C30H39FN4O7/c1-33(2)19-11-15(12-35-7-5-16(31)6-8-35)25(37)21-17(19)9-14-10-18-22(27(39)20(14)26(21)38)30(42,13-36)23(29(32)41)28(40)24(18)34(3)4/h11,13-14,16,18,22,24,37-38,40,42H,5-10,12H2,1-4H3,(H2,32,41)/t14?,18?,22?,24-,30+/m0/s1. The summed E-state index contributed by atoms with van der Waals surface area (Å²) in [6.07, 6.45) is 0.449. The van der Waals surface area contributed by atoms with Crippen molar-refractivity contribution in [3.8, 4) is 5.75 Å². The number of Topliss-reactive ketones (excluding diaryl/α,β-unsaturated/α-hetero) is 1.